The number of hydrogen-bond acceptors (Lipinski definition) is 3. The second-order valence-electron chi connectivity index (χ2n) is 2.31. The van der Waals surface area contributed by atoms with E-state index < -0.39 is 12.1 Å². The third-order valence-corrected chi connectivity index (χ3v) is 1.02. The summed E-state index contributed by atoms with van der Waals surface area (Å²) in [4.78, 5) is 19.4. The maximum Gasteiger partial charge on any atom is 0.490 e. The maximum atomic E-state index is 10.6. The van der Waals surface area contributed by atoms with E-state index in [0.29, 0.717) is 19.4 Å². The first-order valence-electron chi connectivity index (χ1n) is 4.14. The molecule has 0 aromatic heterocycles. The number of alkyl halides is 3. The van der Waals surface area contributed by atoms with Crippen molar-refractivity contribution in [3.05, 3.63) is 0 Å². The van der Waals surface area contributed by atoms with Gasteiger partial charge in [-0.25, -0.2) is 4.79 Å². The summed E-state index contributed by atoms with van der Waals surface area (Å²) in [5, 5.41) is 7.12. The summed E-state index contributed by atoms with van der Waals surface area (Å²) in [6.45, 7) is 2.21. The second kappa shape index (κ2) is 8.59. The number of carboxylic acids is 1. The van der Waals surface area contributed by atoms with Crippen molar-refractivity contribution in [3.63, 3.8) is 0 Å². The molecule has 0 fully saturated rings. The lowest BCUT2D eigenvalue weighted by Gasteiger charge is -1.96. The fourth-order valence-corrected chi connectivity index (χ4v) is 0.407. The Kier molecular flexibility index (Phi) is 8.97. The van der Waals surface area contributed by atoms with E-state index in [2.05, 4.69) is 10.7 Å². The quantitative estimate of drug-likeness (QED) is 0.601. The molecule has 0 rings (SSSR count). The van der Waals surface area contributed by atoms with Gasteiger partial charge in [-0.2, -0.15) is 13.2 Å². The minimum Gasteiger partial charge on any atom is -0.475 e. The Morgan fingerprint density at radius 1 is 1.44 bits per heavy atom. The van der Waals surface area contributed by atoms with Crippen LogP contribution in [0.2, 0.25) is 0 Å². The third-order valence-electron chi connectivity index (χ3n) is 1.02. The van der Waals surface area contributed by atoms with Gasteiger partial charge < -0.3 is 9.84 Å². The normalized spacial score (nSPS) is 9.44. The first-order chi connectivity index (χ1) is 7.25. The Morgan fingerprint density at radius 3 is 2.12 bits per heavy atom. The van der Waals surface area contributed by atoms with Gasteiger partial charge in [0, 0.05) is 6.42 Å². The van der Waals surface area contributed by atoms with Crippen molar-refractivity contribution >= 4 is 11.9 Å². The topological polar surface area (TPSA) is 63.6 Å². The number of terminal acetylenes is 1. The highest BCUT2D eigenvalue weighted by Crippen LogP contribution is 2.13. The van der Waals surface area contributed by atoms with Crippen LogP contribution >= 0.6 is 0 Å². The molecule has 0 spiro atoms. The summed E-state index contributed by atoms with van der Waals surface area (Å²) < 4.78 is 36.3. The zero-order chi connectivity index (χ0) is 13.2. The van der Waals surface area contributed by atoms with Crippen LogP contribution in [0.1, 0.15) is 19.8 Å². The van der Waals surface area contributed by atoms with Crippen molar-refractivity contribution in [1.29, 1.82) is 0 Å². The second-order valence-corrected chi connectivity index (χ2v) is 2.31. The van der Waals surface area contributed by atoms with Gasteiger partial charge in [-0.05, 0) is 6.92 Å². The first kappa shape index (κ1) is 16.7. The molecule has 7 heteroatoms. The van der Waals surface area contributed by atoms with Crippen LogP contribution in [-0.2, 0) is 14.3 Å². The van der Waals surface area contributed by atoms with Gasteiger partial charge in [0.05, 0.1) is 13.0 Å². The molecule has 1 N–H and O–H groups in total. The van der Waals surface area contributed by atoms with Crippen molar-refractivity contribution in [1.82, 2.24) is 0 Å². The highest BCUT2D eigenvalue weighted by atomic mass is 19.4. The van der Waals surface area contributed by atoms with Crippen LogP contribution in [0.25, 0.3) is 0 Å². The van der Waals surface area contributed by atoms with Gasteiger partial charge in [-0.1, -0.05) is 0 Å². The van der Waals surface area contributed by atoms with Crippen LogP contribution in [0.15, 0.2) is 0 Å². The van der Waals surface area contributed by atoms with E-state index in [-0.39, 0.29) is 5.97 Å². The van der Waals surface area contributed by atoms with E-state index in [1.165, 1.54) is 0 Å². The van der Waals surface area contributed by atoms with Gasteiger partial charge in [-0.15, -0.1) is 12.3 Å². The minimum atomic E-state index is -5.08. The molecule has 0 aromatic carbocycles. The van der Waals surface area contributed by atoms with E-state index in [1.807, 2.05) is 0 Å². The summed E-state index contributed by atoms with van der Waals surface area (Å²) in [5.74, 6) is -0.613. The van der Waals surface area contributed by atoms with Gasteiger partial charge in [0.1, 0.15) is 0 Å². The van der Waals surface area contributed by atoms with Gasteiger partial charge in [0.15, 0.2) is 0 Å². The highest BCUT2D eigenvalue weighted by molar-refractivity contribution is 5.73. The van der Waals surface area contributed by atoms with Gasteiger partial charge in [0.2, 0.25) is 0 Å². The van der Waals surface area contributed by atoms with E-state index in [4.69, 9.17) is 16.3 Å². The predicted octanol–water partition coefficient (Wildman–Crippen LogP) is 1.60. The summed E-state index contributed by atoms with van der Waals surface area (Å²) in [6.07, 6.45) is 0.641. The highest BCUT2D eigenvalue weighted by Gasteiger charge is 2.38. The molecule has 16 heavy (non-hydrogen) atoms. The molecular formula is C9H11F3O4. The maximum absolute atomic E-state index is 10.6. The average molecular weight is 240 g/mol. The van der Waals surface area contributed by atoms with Crippen LogP contribution in [0.4, 0.5) is 13.2 Å². The number of ether oxygens (including phenoxy) is 1. The van der Waals surface area contributed by atoms with Crippen molar-refractivity contribution in [2.45, 2.75) is 25.9 Å². The van der Waals surface area contributed by atoms with Crippen molar-refractivity contribution in [2.24, 2.45) is 0 Å². The van der Waals surface area contributed by atoms with E-state index >= 15 is 0 Å². The fourth-order valence-electron chi connectivity index (χ4n) is 0.407. The van der Waals surface area contributed by atoms with Crippen LogP contribution in [-0.4, -0.2) is 29.8 Å². The number of halogens is 3. The monoisotopic (exact) mass is 240 g/mol. The summed E-state index contributed by atoms with van der Waals surface area (Å²) >= 11 is 0. The Hall–Kier alpha value is -1.71. The van der Waals surface area contributed by atoms with Crippen molar-refractivity contribution in [3.8, 4) is 12.3 Å². The molecular weight excluding hydrogens is 229 g/mol. The largest absolute Gasteiger partial charge is 0.490 e. The molecule has 0 radical (unpaired) electrons. The third kappa shape index (κ3) is 12.3. The molecule has 0 aliphatic carbocycles. The molecule has 0 bridgehead atoms. The molecule has 0 aliphatic heterocycles. The van der Waals surface area contributed by atoms with Crippen LogP contribution in [0, 0.1) is 12.3 Å². The first-order valence-corrected chi connectivity index (χ1v) is 4.14. The Bertz CT molecular complexity index is 265. The Labute approximate surface area is 90.4 Å². The summed E-state index contributed by atoms with van der Waals surface area (Å²) in [6, 6.07) is 0. The molecule has 0 amide bonds. The number of rotatable bonds is 3. The molecule has 0 saturated carbocycles. The number of carbonyl (C=O) groups excluding carboxylic acids is 1. The Balaban J connectivity index is 0. The van der Waals surface area contributed by atoms with Gasteiger partial charge >= 0.3 is 18.1 Å². The number of esters is 1. The fraction of sp³-hybridized carbons (Fsp3) is 0.556. The van der Waals surface area contributed by atoms with Gasteiger partial charge in [0.25, 0.3) is 0 Å². The Morgan fingerprint density at radius 2 is 1.88 bits per heavy atom. The summed E-state index contributed by atoms with van der Waals surface area (Å²) in [5.41, 5.74) is 0. The molecule has 0 unspecified atom stereocenters. The molecule has 0 atom stereocenters. The van der Waals surface area contributed by atoms with E-state index in [9.17, 15) is 18.0 Å². The predicted molar refractivity (Wildman–Crippen MR) is 48.4 cm³/mol. The minimum absolute atomic E-state index is 0.213. The van der Waals surface area contributed by atoms with Gasteiger partial charge in [-0.3, -0.25) is 4.79 Å². The van der Waals surface area contributed by atoms with E-state index in [0.717, 1.165) is 0 Å². The lowest BCUT2D eigenvalue weighted by atomic mass is 10.3. The molecule has 92 valence electrons. The SMILES string of the molecule is C#CCCC(=O)OCC.O=C(O)C(F)(F)F. The van der Waals surface area contributed by atoms with Crippen molar-refractivity contribution in [2.75, 3.05) is 6.61 Å². The zero-order valence-corrected chi connectivity index (χ0v) is 8.50. The van der Waals surface area contributed by atoms with E-state index in [1.54, 1.807) is 6.92 Å². The number of aliphatic carboxylic acids is 1. The number of hydrogen-bond donors (Lipinski definition) is 1. The smallest absolute Gasteiger partial charge is 0.475 e. The van der Waals surface area contributed by atoms with Crippen LogP contribution < -0.4 is 0 Å². The van der Waals surface area contributed by atoms with Crippen molar-refractivity contribution < 1.29 is 32.6 Å². The lowest BCUT2D eigenvalue weighted by Crippen LogP contribution is -2.21. The number of carboxylic acid groups (broad SMARTS) is 1. The summed E-state index contributed by atoms with van der Waals surface area (Å²) in [7, 11) is 0. The standard InChI is InChI=1S/C7H10O2.C2HF3O2/c1-3-5-6-7(8)9-4-2;3-2(4,5)1(6)7/h1H,4-6H2,2H3;(H,6,7). The molecule has 0 saturated heterocycles. The molecule has 4 nitrogen and oxygen atoms in total. The number of carbonyl (C=O) groups is 2. The van der Waals surface area contributed by atoms with Crippen LogP contribution in [0.5, 0.6) is 0 Å². The van der Waals surface area contributed by atoms with Crippen LogP contribution in [0.3, 0.4) is 0 Å². The zero-order valence-electron chi connectivity index (χ0n) is 8.50. The average Bonchev–Trinajstić information content (AvgIpc) is 2.14. The molecule has 0 heterocycles. The lowest BCUT2D eigenvalue weighted by molar-refractivity contribution is -0.192. The molecule has 0 aromatic rings. The molecule has 0 aliphatic rings.